The van der Waals surface area contributed by atoms with Crippen LogP contribution in [0.25, 0.3) is 11.0 Å². The molecule has 1 unspecified atom stereocenters. The molecule has 0 fully saturated rings. The van der Waals surface area contributed by atoms with Crippen molar-refractivity contribution in [1.29, 1.82) is 0 Å². The number of aromatic nitrogens is 3. The molecule has 0 bridgehead atoms. The van der Waals surface area contributed by atoms with Crippen molar-refractivity contribution >= 4 is 21.1 Å². The highest BCUT2D eigenvalue weighted by atomic mass is 32.2. The maximum absolute atomic E-state index is 12.7. The Labute approximate surface area is 152 Å². The Kier molecular flexibility index (Phi) is 4.26. The molecule has 3 heterocycles. The molecular formula is C18H21N5O2S. The minimum Gasteiger partial charge on any atom is -0.308 e. The SMILES string of the molecule is Cc1nn(C)c2ncc(S(=O)(=O)NCC3NCCc4ccccc43)cc12. The van der Waals surface area contributed by atoms with Gasteiger partial charge in [0.25, 0.3) is 0 Å². The average Bonchev–Trinajstić information content (AvgIpc) is 2.93. The van der Waals surface area contributed by atoms with E-state index in [2.05, 4.69) is 26.2 Å². The van der Waals surface area contributed by atoms with Crippen LogP contribution >= 0.6 is 0 Å². The van der Waals surface area contributed by atoms with Gasteiger partial charge in [0.2, 0.25) is 10.0 Å². The average molecular weight is 371 g/mol. The van der Waals surface area contributed by atoms with Gasteiger partial charge in [-0.3, -0.25) is 4.68 Å². The highest BCUT2D eigenvalue weighted by molar-refractivity contribution is 7.89. The Bertz CT molecular complexity index is 1070. The molecule has 1 aliphatic heterocycles. The molecule has 26 heavy (non-hydrogen) atoms. The molecule has 0 amide bonds. The maximum Gasteiger partial charge on any atom is 0.242 e. The fraction of sp³-hybridized carbons (Fsp3) is 0.333. The lowest BCUT2D eigenvalue weighted by molar-refractivity contribution is 0.491. The molecule has 8 heteroatoms. The van der Waals surface area contributed by atoms with Crippen molar-refractivity contribution in [2.24, 2.45) is 7.05 Å². The summed E-state index contributed by atoms with van der Waals surface area (Å²) >= 11 is 0. The van der Waals surface area contributed by atoms with E-state index in [-0.39, 0.29) is 10.9 Å². The first kappa shape index (κ1) is 17.1. The Morgan fingerprint density at radius 1 is 1.35 bits per heavy atom. The second-order valence-electron chi connectivity index (χ2n) is 6.56. The topological polar surface area (TPSA) is 88.9 Å². The number of fused-ring (bicyclic) bond motifs is 2. The van der Waals surface area contributed by atoms with Gasteiger partial charge in [0.05, 0.1) is 5.69 Å². The van der Waals surface area contributed by atoms with Gasteiger partial charge in [0, 0.05) is 31.2 Å². The van der Waals surface area contributed by atoms with Crippen LogP contribution in [0.3, 0.4) is 0 Å². The second-order valence-corrected chi connectivity index (χ2v) is 8.33. The lowest BCUT2D eigenvalue weighted by Crippen LogP contribution is -2.38. The summed E-state index contributed by atoms with van der Waals surface area (Å²) in [5.74, 6) is 0. The first-order valence-electron chi connectivity index (χ1n) is 8.56. The van der Waals surface area contributed by atoms with E-state index in [1.54, 1.807) is 17.8 Å². The zero-order valence-corrected chi connectivity index (χ0v) is 15.5. The molecule has 1 aliphatic rings. The van der Waals surface area contributed by atoms with Crippen LogP contribution in [0.15, 0.2) is 41.4 Å². The third-order valence-electron chi connectivity index (χ3n) is 4.84. The molecule has 3 aromatic rings. The minimum absolute atomic E-state index is 0.0356. The molecule has 2 aromatic heterocycles. The summed E-state index contributed by atoms with van der Waals surface area (Å²) in [5, 5.41) is 8.42. The predicted octanol–water partition coefficient (Wildman–Crippen LogP) is 1.44. The van der Waals surface area contributed by atoms with Crippen LogP contribution in [-0.2, 0) is 23.5 Å². The highest BCUT2D eigenvalue weighted by Crippen LogP contribution is 2.23. The van der Waals surface area contributed by atoms with Gasteiger partial charge in [-0.05, 0) is 37.1 Å². The van der Waals surface area contributed by atoms with Crippen molar-refractivity contribution in [2.75, 3.05) is 13.1 Å². The zero-order valence-electron chi connectivity index (χ0n) is 14.7. The van der Waals surface area contributed by atoms with Crippen molar-refractivity contribution in [2.45, 2.75) is 24.3 Å². The van der Waals surface area contributed by atoms with Crippen LogP contribution in [0, 0.1) is 6.92 Å². The minimum atomic E-state index is -3.65. The van der Waals surface area contributed by atoms with E-state index in [4.69, 9.17) is 0 Å². The molecule has 0 radical (unpaired) electrons. The fourth-order valence-electron chi connectivity index (χ4n) is 3.49. The molecule has 4 rings (SSSR count). The number of nitrogens with zero attached hydrogens (tertiary/aromatic N) is 3. The first-order valence-corrected chi connectivity index (χ1v) is 10.0. The largest absolute Gasteiger partial charge is 0.308 e. The van der Waals surface area contributed by atoms with Gasteiger partial charge in [-0.2, -0.15) is 5.10 Å². The van der Waals surface area contributed by atoms with E-state index in [9.17, 15) is 8.42 Å². The molecule has 0 spiro atoms. The van der Waals surface area contributed by atoms with E-state index in [0.29, 0.717) is 12.2 Å². The summed E-state index contributed by atoms with van der Waals surface area (Å²) in [6, 6.07) is 9.74. The normalized spacial score (nSPS) is 17.4. The molecule has 0 aliphatic carbocycles. The number of hydrogen-bond donors (Lipinski definition) is 2. The number of rotatable bonds is 4. The highest BCUT2D eigenvalue weighted by Gasteiger charge is 2.23. The summed E-state index contributed by atoms with van der Waals surface area (Å²) in [6.07, 6.45) is 2.34. The molecular weight excluding hydrogens is 350 g/mol. The summed E-state index contributed by atoms with van der Waals surface area (Å²) < 4.78 is 29.9. The molecule has 0 saturated carbocycles. The smallest absolute Gasteiger partial charge is 0.242 e. The Morgan fingerprint density at radius 2 is 2.15 bits per heavy atom. The van der Waals surface area contributed by atoms with Crippen LogP contribution in [-0.4, -0.2) is 36.3 Å². The van der Waals surface area contributed by atoms with Crippen molar-refractivity contribution in [3.8, 4) is 0 Å². The standard InChI is InChI=1S/C18H21N5O2S/c1-12-16-9-14(10-20-18(16)23(2)22-12)26(24,25)21-11-17-15-6-4-3-5-13(15)7-8-19-17/h3-6,9-10,17,19,21H,7-8,11H2,1-2H3. The van der Waals surface area contributed by atoms with Crippen LogP contribution in [0.4, 0.5) is 0 Å². The molecule has 136 valence electrons. The molecule has 1 atom stereocenters. The van der Waals surface area contributed by atoms with Gasteiger partial charge in [0.1, 0.15) is 4.90 Å². The van der Waals surface area contributed by atoms with Crippen molar-refractivity contribution < 1.29 is 8.42 Å². The number of benzene rings is 1. The predicted molar refractivity (Wildman–Crippen MR) is 99.3 cm³/mol. The van der Waals surface area contributed by atoms with Gasteiger partial charge in [-0.1, -0.05) is 24.3 Å². The summed E-state index contributed by atoms with van der Waals surface area (Å²) in [4.78, 5) is 4.42. The number of aryl methyl sites for hydroxylation is 2. The third kappa shape index (κ3) is 3.00. The monoisotopic (exact) mass is 371 g/mol. The Morgan fingerprint density at radius 3 is 3.00 bits per heavy atom. The van der Waals surface area contributed by atoms with Gasteiger partial charge in [-0.15, -0.1) is 0 Å². The van der Waals surface area contributed by atoms with Gasteiger partial charge in [0.15, 0.2) is 5.65 Å². The van der Waals surface area contributed by atoms with Gasteiger partial charge < -0.3 is 5.32 Å². The second kappa shape index (κ2) is 6.46. The molecule has 7 nitrogen and oxygen atoms in total. The summed E-state index contributed by atoms with van der Waals surface area (Å²) in [6.45, 7) is 2.98. The quantitative estimate of drug-likeness (QED) is 0.724. The third-order valence-corrected chi connectivity index (χ3v) is 6.23. The van der Waals surface area contributed by atoms with Crippen LogP contribution in [0.5, 0.6) is 0 Å². The maximum atomic E-state index is 12.7. The van der Waals surface area contributed by atoms with E-state index < -0.39 is 10.0 Å². The van der Waals surface area contributed by atoms with Crippen molar-refractivity contribution in [3.63, 3.8) is 0 Å². The van der Waals surface area contributed by atoms with Crippen LogP contribution in [0.1, 0.15) is 22.9 Å². The molecule has 1 aromatic carbocycles. The number of pyridine rings is 1. The summed E-state index contributed by atoms with van der Waals surface area (Å²) in [7, 11) is -1.86. The molecule has 0 saturated heterocycles. The van der Waals surface area contributed by atoms with Gasteiger partial charge >= 0.3 is 0 Å². The lowest BCUT2D eigenvalue weighted by atomic mass is 9.95. The van der Waals surface area contributed by atoms with E-state index in [1.165, 1.54) is 11.8 Å². The van der Waals surface area contributed by atoms with Crippen molar-refractivity contribution in [1.82, 2.24) is 24.8 Å². The number of sulfonamides is 1. The number of hydrogen-bond acceptors (Lipinski definition) is 5. The van der Waals surface area contributed by atoms with E-state index >= 15 is 0 Å². The lowest BCUT2D eigenvalue weighted by Gasteiger charge is -2.27. The van der Waals surface area contributed by atoms with E-state index in [0.717, 1.165) is 29.6 Å². The Balaban J connectivity index is 1.58. The summed E-state index contributed by atoms with van der Waals surface area (Å²) in [5.41, 5.74) is 3.85. The zero-order chi connectivity index (χ0) is 18.3. The molecule has 2 N–H and O–H groups in total. The van der Waals surface area contributed by atoms with Crippen LogP contribution in [0.2, 0.25) is 0 Å². The van der Waals surface area contributed by atoms with Gasteiger partial charge in [-0.25, -0.2) is 18.1 Å². The van der Waals surface area contributed by atoms with Crippen molar-refractivity contribution in [3.05, 3.63) is 53.3 Å². The Hall–Kier alpha value is -2.29. The number of nitrogens with one attached hydrogen (secondary N) is 2. The first-order chi connectivity index (χ1) is 12.5. The fourth-order valence-corrected chi connectivity index (χ4v) is 4.50. The van der Waals surface area contributed by atoms with E-state index in [1.807, 2.05) is 25.1 Å². The van der Waals surface area contributed by atoms with Crippen LogP contribution < -0.4 is 10.0 Å².